The SMILES string of the molecule is NCCCCCCC(=O)NCC1(c2ccc(Cl)cc2)CC1. The zero-order valence-electron chi connectivity index (χ0n) is 12.5. The summed E-state index contributed by atoms with van der Waals surface area (Å²) in [5.41, 5.74) is 6.89. The minimum absolute atomic E-state index is 0.153. The Balaban J connectivity index is 1.70. The first kappa shape index (κ1) is 16.3. The van der Waals surface area contributed by atoms with Gasteiger partial charge in [-0.1, -0.05) is 36.6 Å². The summed E-state index contributed by atoms with van der Waals surface area (Å²) >= 11 is 5.93. The molecule has 0 saturated heterocycles. The molecule has 1 fully saturated rings. The van der Waals surface area contributed by atoms with Gasteiger partial charge in [0.1, 0.15) is 0 Å². The third-order valence-corrected chi connectivity index (χ3v) is 4.54. The number of unbranched alkanes of at least 4 members (excludes halogenated alkanes) is 3. The summed E-state index contributed by atoms with van der Waals surface area (Å²) in [5.74, 6) is 0.169. The van der Waals surface area contributed by atoms with Crippen molar-refractivity contribution in [2.45, 2.75) is 50.4 Å². The van der Waals surface area contributed by atoms with Gasteiger partial charge < -0.3 is 11.1 Å². The van der Waals surface area contributed by atoms with E-state index in [4.69, 9.17) is 17.3 Å². The Morgan fingerprint density at radius 1 is 1.14 bits per heavy atom. The van der Waals surface area contributed by atoms with Crippen LogP contribution in [0.5, 0.6) is 0 Å². The average Bonchev–Trinajstić information content (AvgIpc) is 3.27. The van der Waals surface area contributed by atoms with Crippen LogP contribution in [0.3, 0.4) is 0 Å². The maximum Gasteiger partial charge on any atom is 0.220 e. The molecule has 0 bridgehead atoms. The van der Waals surface area contributed by atoms with E-state index in [9.17, 15) is 4.79 Å². The normalized spacial score (nSPS) is 15.7. The van der Waals surface area contributed by atoms with Crippen LogP contribution in [0.2, 0.25) is 5.02 Å². The summed E-state index contributed by atoms with van der Waals surface area (Å²) in [6, 6.07) is 8.01. The lowest BCUT2D eigenvalue weighted by Gasteiger charge is -2.16. The molecule has 1 aliphatic rings. The highest BCUT2D eigenvalue weighted by atomic mass is 35.5. The van der Waals surface area contributed by atoms with E-state index in [1.165, 1.54) is 5.56 Å². The number of hydrogen-bond acceptors (Lipinski definition) is 2. The number of benzene rings is 1. The summed E-state index contributed by atoms with van der Waals surface area (Å²) in [6.45, 7) is 1.49. The highest BCUT2D eigenvalue weighted by Crippen LogP contribution is 2.47. The smallest absolute Gasteiger partial charge is 0.220 e. The molecule has 3 nitrogen and oxygen atoms in total. The minimum atomic E-state index is 0.153. The summed E-state index contributed by atoms with van der Waals surface area (Å²) in [6.07, 6.45) is 7.14. The van der Waals surface area contributed by atoms with E-state index in [2.05, 4.69) is 17.4 Å². The Kier molecular flexibility index (Phi) is 6.07. The van der Waals surface area contributed by atoms with Crippen LogP contribution in [0.15, 0.2) is 24.3 Å². The average molecular weight is 309 g/mol. The number of nitrogens with two attached hydrogens (primary N) is 1. The minimum Gasteiger partial charge on any atom is -0.355 e. The summed E-state index contributed by atoms with van der Waals surface area (Å²) in [5, 5.41) is 3.85. The van der Waals surface area contributed by atoms with Crippen molar-refractivity contribution in [3.05, 3.63) is 34.9 Å². The van der Waals surface area contributed by atoms with Crippen molar-refractivity contribution in [1.29, 1.82) is 0 Å². The Morgan fingerprint density at radius 2 is 1.81 bits per heavy atom. The van der Waals surface area contributed by atoms with Gasteiger partial charge in [-0.05, 0) is 49.9 Å². The van der Waals surface area contributed by atoms with Gasteiger partial charge in [-0.2, -0.15) is 0 Å². The standard InChI is InChI=1S/C17H25ClN2O/c18-15-8-6-14(7-9-15)17(10-11-17)13-20-16(21)5-3-1-2-4-12-19/h6-9H,1-5,10-13,19H2,(H,20,21). The Labute approximate surface area is 132 Å². The Bertz CT molecular complexity index is 454. The molecule has 1 aromatic carbocycles. The van der Waals surface area contributed by atoms with Gasteiger partial charge in [0.05, 0.1) is 0 Å². The van der Waals surface area contributed by atoms with Gasteiger partial charge in [-0.15, -0.1) is 0 Å². The number of nitrogens with one attached hydrogen (secondary N) is 1. The lowest BCUT2D eigenvalue weighted by atomic mass is 9.96. The van der Waals surface area contributed by atoms with Gasteiger partial charge in [-0.25, -0.2) is 0 Å². The van der Waals surface area contributed by atoms with Crippen molar-refractivity contribution in [3.8, 4) is 0 Å². The van der Waals surface area contributed by atoms with Crippen LogP contribution in [-0.4, -0.2) is 19.0 Å². The Hall–Kier alpha value is -1.06. The first-order valence-electron chi connectivity index (χ1n) is 7.89. The molecule has 0 radical (unpaired) electrons. The van der Waals surface area contributed by atoms with E-state index in [0.29, 0.717) is 6.42 Å². The predicted molar refractivity (Wildman–Crippen MR) is 87.5 cm³/mol. The maximum atomic E-state index is 11.9. The molecule has 1 amide bonds. The fraction of sp³-hybridized carbons (Fsp3) is 0.588. The molecular weight excluding hydrogens is 284 g/mol. The van der Waals surface area contributed by atoms with E-state index >= 15 is 0 Å². The lowest BCUT2D eigenvalue weighted by Crippen LogP contribution is -2.32. The van der Waals surface area contributed by atoms with Crippen LogP contribution < -0.4 is 11.1 Å². The molecule has 4 heteroatoms. The van der Waals surface area contributed by atoms with Crippen molar-refractivity contribution in [2.75, 3.05) is 13.1 Å². The maximum absolute atomic E-state index is 11.9. The molecule has 1 saturated carbocycles. The third kappa shape index (κ3) is 5.01. The molecule has 1 aromatic rings. The summed E-state index contributed by atoms with van der Waals surface area (Å²) < 4.78 is 0. The van der Waals surface area contributed by atoms with Crippen LogP contribution in [0.1, 0.15) is 50.5 Å². The highest BCUT2D eigenvalue weighted by molar-refractivity contribution is 6.30. The van der Waals surface area contributed by atoms with E-state index in [0.717, 1.165) is 56.6 Å². The predicted octanol–water partition coefficient (Wildman–Crippen LogP) is 3.40. The largest absolute Gasteiger partial charge is 0.355 e. The van der Waals surface area contributed by atoms with Crippen molar-refractivity contribution in [3.63, 3.8) is 0 Å². The van der Waals surface area contributed by atoms with E-state index in [-0.39, 0.29) is 11.3 Å². The highest BCUT2D eigenvalue weighted by Gasteiger charge is 2.44. The number of halogens is 1. The van der Waals surface area contributed by atoms with Gasteiger partial charge >= 0.3 is 0 Å². The number of amides is 1. The molecule has 21 heavy (non-hydrogen) atoms. The quantitative estimate of drug-likeness (QED) is 0.687. The topological polar surface area (TPSA) is 55.1 Å². The van der Waals surface area contributed by atoms with Gasteiger partial charge in [0.15, 0.2) is 0 Å². The van der Waals surface area contributed by atoms with E-state index in [1.807, 2.05) is 12.1 Å². The summed E-state index contributed by atoms with van der Waals surface area (Å²) in [7, 11) is 0. The van der Waals surface area contributed by atoms with Crippen LogP contribution >= 0.6 is 11.6 Å². The number of rotatable bonds is 9. The molecule has 2 rings (SSSR count). The fourth-order valence-electron chi connectivity index (χ4n) is 2.66. The van der Waals surface area contributed by atoms with Crippen LogP contribution in [-0.2, 0) is 10.2 Å². The fourth-order valence-corrected chi connectivity index (χ4v) is 2.79. The van der Waals surface area contributed by atoms with E-state index < -0.39 is 0 Å². The van der Waals surface area contributed by atoms with E-state index in [1.54, 1.807) is 0 Å². The van der Waals surface area contributed by atoms with Crippen molar-refractivity contribution < 1.29 is 4.79 Å². The van der Waals surface area contributed by atoms with Crippen LogP contribution in [0.25, 0.3) is 0 Å². The molecule has 0 unspecified atom stereocenters. The zero-order valence-corrected chi connectivity index (χ0v) is 13.3. The first-order chi connectivity index (χ1) is 10.2. The van der Waals surface area contributed by atoms with Crippen molar-refractivity contribution in [2.24, 2.45) is 5.73 Å². The lowest BCUT2D eigenvalue weighted by molar-refractivity contribution is -0.121. The second-order valence-corrected chi connectivity index (χ2v) is 6.45. The third-order valence-electron chi connectivity index (χ3n) is 4.29. The van der Waals surface area contributed by atoms with Gasteiger partial charge in [0.2, 0.25) is 5.91 Å². The Morgan fingerprint density at radius 3 is 2.43 bits per heavy atom. The van der Waals surface area contributed by atoms with Crippen LogP contribution in [0, 0.1) is 0 Å². The molecule has 1 aliphatic carbocycles. The van der Waals surface area contributed by atoms with Gasteiger partial charge in [0, 0.05) is 23.4 Å². The van der Waals surface area contributed by atoms with Gasteiger partial charge in [0.25, 0.3) is 0 Å². The van der Waals surface area contributed by atoms with Crippen molar-refractivity contribution >= 4 is 17.5 Å². The molecule has 0 aliphatic heterocycles. The number of carbonyl (C=O) groups is 1. The molecular formula is C17H25ClN2O. The number of carbonyl (C=O) groups excluding carboxylic acids is 1. The monoisotopic (exact) mass is 308 g/mol. The summed E-state index contributed by atoms with van der Waals surface area (Å²) in [4.78, 5) is 11.9. The molecule has 0 heterocycles. The second kappa shape index (κ2) is 7.81. The van der Waals surface area contributed by atoms with Crippen molar-refractivity contribution in [1.82, 2.24) is 5.32 Å². The first-order valence-corrected chi connectivity index (χ1v) is 8.27. The molecule has 0 atom stereocenters. The second-order valence-electron chi connectivity index (χ2n) is 6.02. The zero-order chi connectivity index (χ0) is 15.1. The van der Waals surface area contributed by atoms with Gasteiger partial charge in [-0.3, -0.25) is 4.79 Å². The molecule has 0 spiro atoms. The number of hydrogen-bond donors (Lipinski definition) is 2. The molecule has 0 aromatic heterocycles. The van der Waals surface area contributed by atoms with Crippen LogP contribution in [0.4, 0.5) is 0 Å². The molecule has 3 N–H and O–H groups in total. The molecule has 116 valence electrons.